The summed E-state index contributed by atoms with van der Waals surface area (Å²) >= 11 is 7.17. The van der Waals surface area contributed by atoms with Crippen molar-refractivity contribution in [3.05, 3.63) is 86.8 Å². The van der Waals surface area contributed by atoms with Crippen molar-refractivity contribution in [2.24, 2.45) is 0 Å². The maximum Gasteiger partial charge on any atom is 0.264 e. The quantitative estimate of drug-likeness (QED) is 0.486. The average molecular weight is 475 g/mol. The van der Waals surface area contributed by atoms with E-state index in [0.717, 1.165) is 30.0 Å². The number of amides is 2. The van der Waals surface area contributed by atoms with Crippen LogP contribution < -0.4 is 5.32 Å². The molecule has 0 bridgehead atoms. The molecule has 2 amide bonds. The van der Waals surface area contributed by atoms with Crippen molar-refractivity contribution in [2.75, 3.05) is 11.9 Å². The number of aryl methyl sites for hydroxylation is 1. The number of nitrogens with one attached hydrogen (secondary N) is 1. The topological polar surface area (TPSA) is 49.4 Å². The van der Waals surface area contributed by atoms with Crippen molar-refractivity contribution in [3.8, 4) is 0 Å². The molecule has 1 unspecified atom stereocenters. The van der Waals surface area contributed by atoms with Gasteiger partial charge < -0.3 is 10.2 Å². The Morgan fingerprint density at radius 2 is 1.94 bits per heavy atom. The van der Waals surface area contributed by atoms with E-state index in [9.17, 15) is 18.4 Å². The molecule has 0 spiro atoms. The molecule has 0 radical (unpaired) electrons. The number of likely N-dealkylation sites (tertiary alicyclic amines) is 1. The Bertz CT molecular complexity index is 1180. The minimum absolute atomic E-state index is 0.00172. The molecule has 0 aliphatic carbocycles. The minimum atomic E-state index is -0.523. The van der Waals surface area contributed by atoms with Gasteiger partial charge in [-0.25, -0.2) is 8.78 Å². The number of hydrogen-bond donors (Lipinski definition) is 1. The molecular weight excluding hydrogens is 454 g/mol. The first-order chi connectivity index (χ1) is 15.3. The van der Waals surface area contributed by atoms with Gasteiger partial charge in [0.15, 0.2) is 0 Å². The number of nitrogens with zero attached hydrogens (tertiary/aromatic N) is 1. The summed E-state index contributed by atoms with van der Waals surface area (Å²) in [5, 5.41) is 3.27. The van der Waals surface area contributed by atoms with Gasteiger partial charge in [-0.2, -0.15) is 0 Å². The van der Waals surface area contributed by atoms with Gasteiger partial charge in [0.1, 0.15) is 11.6 Å². The molecule has 32 heavy (non-hydrogen) atoms. The Labute approximate surface area is 193 Å². The molecule has 4 rings (SSSR count). The third-order valence-electron chi connectivity index (χ3n) is 5.52. The molecule has 0 saturated carbocycles. The lowest BCUT2D eigenvalue weighted by atomic mass is 10.0. The normalized spacial score (nSPS) is 15.8. The SMILES string of the molecule is Cc1cc(NC(=O)c2ccc(F)cc2Cl)sc1C(=O)N1CCCC1Cc1cccc(F)c1. The third kappa shape index (κ3) is 4.84. The first kappa shape index (κ1) is 22.4. The molecule has 4 nitrogen and oxygen atoms in total. The highest BCUT2D eigenvalue weighted by molar-refractivity contribution is 7.18. The minimum Gasteiger partial charge on any atom is -0.335 e. The fourth-order valence-electron chi connectivity index (χ4n) is 3.99. The molecule has 166 valence electrons. The molecule has 2 aromatic carbocycles. The van der Waals surface area contributed by atoms with E-state index in [1.165, 1.54) is 35.6 Å². The summed E-state index contributed by atoms with van der Waals surface area (Å²) in [6, 6.07) is 11.8. The number of anilines is 1. The van der Waals surface area contributed by atoms with Crippen molar-refractivity contribution in [1.82, 2.24) is 4.90 Å². The summed E-state index contributed by atoms with van der Waals surface area (Å²) in [6.07, 6.45) is 2.35. The number of rotatable bonds is 5. The van der Waals surface area contributed by atoms with E-state index in [1.54, 1.807) is 12.1 Å². The number of hydrogen-bond acceptors (Lipinski definition) is 3. The van der Waals surface area contributed by atoms with Gasteiger partial charge in [0, 0.05) is 12.6 Å². The van der Waals surface area contributed by atoms with Gasteiger partial charge in [0.05, 0.1) is 20.5 Å². The van der Waals surface area contributed by atoms with E-state index in [1.807, 2.05) is 17.9 Å². The molecule has 3 aromatic rings. The summed E-state index contributed by atoms with van der Waals surface area (Å²) < 4.78 is 26.8. The molecule has 1 N–H and O–H groups in total. The van der Waals surface area contributed by atoms with Gasteiger partial charge in [-0.1, -0.05) is 23.7 Å². The van der Waals surface area contributed by atoms with Crippen LogP contribution in [0.15, 0.2) is 48.5 Å². The zero-order valence-corrected chi connectivity index (χ0v) is 18.9. The first-order valence-corrected chi connectivity index (χ1v) is 11.4. The summed E-state index contributed by atoms with van der Waals surface area (Å²) in [5.41, 5.74) is 1.78. The first-order valence-electron chi connectivity index (χ1n) is 10.2. The second kappa shape index (κ2) is 9.38. The Morgan fingerprint density at radius 3 is 2.69 bits per heavy atom. The molecule has 1 aliphatic heterocycles. The van der Waals surface area contributed by atoms with Crippen LogP contribution in [0.4, 0.5) is 13.8 Å². The fraction of sp³-hybridized carbons (Fsp3) is 0.250. The van der Waals surface area contributed by atoms with Crippen LogP contribution in [0.2, 0.25) is 5.02 Å². The Kier molecular flexibility index (Phi) is 6.58. The van der Waals surface area contributed by atoms with Crippen LogP contribution in [0.25, 0.3) is 0 Å². The Morgan fingerprint density at radius 1 is 1.16 bits per heavy atom. The van der Waals surface area contributed by atoms with Gasteiger partial charge in [-0.05, 0) is 73.7 Å². The monoisotopic (exact) mass is 474 g/mol. The van der Waals surface area contributed by atoms with Crippen LogP contribution in [-0.4, -0.2) is 29.3 Å². The molecule has 8 heteroatoms. The second-order valence-corrected chi connectivity index (χ2v) is 9.29. The molecule has 1 saturated heterocycles. The van der Waals surface area contributed by atoms with E-state index in [4.69, 9.17) is 11.6 Å². The van der Waals surface area contributed by atoms with E-state index in [0.29, 0.717) is 22.8 Å². The van der Waals surface area contributed by atoms with Gasteiger partial charge >= 0.3 is 0 Å². The zero-order valence-electron chi connectivity index (χ0n) is 17.3. The number of carbonyl (C=O) groups is 2. The maximum absolute atomic E-state index is 13.5. The summed E-state index contributed by atoms with van der Waals surface area (Å²) in [7, 11) is 0. The van der Waals surface area contributed by atoms with Crippen LogP contribution in [0.3, 0.4) is 0 Å². The van der Waals surface area contributed by atoms with Crippen LogP contribution in [0.1, 0.15) is 44.0 Å². The molecule has 1 aromatic heterocycles. The van der Waals surface area contributed by atoms with Gasteiger partial charge in [-0.3, -0.25) is 9.59 Å². The largest absolute Gasteiger partial charge is 0.335 e. The van der Waals surface area contributed by atoms with Gasteiger partial charge in [-0.15, -0.1) is 11.3 Å². The van der Waals surface area contributed by atoms with E-state index in [2.05, 4.69) is 5.32 Å². The van der Waals surface area contributed by atoms with Crippen molar-refractivity contribution >= 4 is 39.8 Å². The highest BCUT2D eigenvalue weighted by Gasteiger charge is 2.31. The maximum atomic E-state index is 13.5. The number of halogens is 3. The predicted molar refractivity (Wildman–Crippen MR) is 123 cm³/mol. The van der Waals surface area contributed by atoms with E-state index >= 15 is 0 Å². The smallest absolute Gasteiger partial charge is 0.264 e. The lowest BCUT2D eigenvalue weighted by molar-refractivity contribution is 0.0740. The van der Waals surface area contributed by atoms with Crippen molar-refractivity contribution < 1.29 is 18.4 Å². The highest BCUT2D eigenvalue weighted by atomic mass is 35.5. The van der Waals surface area contributed by atoms with Crippen molar-refractivity contribution in [2.45, 2.75) is 32.2 Å². The van der Waals surface area contributed by atoms with Gasteiger partial charge in [0.2, 0.25) is 0 Å². The zero-order chi connectivity index (χ0) is 22.8. The number of carbonyl (C=O) groups excluding carboxylic acids is 2. The highest BCUT2D eigenvalue weighted by Crippen LogP contribution is 2.32. The van der Waals surface area contributed by atoms with Gasteiger partial charge in [0.25, 0.3) is 11.8 Å². The Hall–Kier alpha value is -2.77. The summed E-state index contributed by atoms with van der Waals surface area (Å²) in [4.78, 5) is 28.2. The van der Waals surface area contributed by atoms with Crippen LogP contribution in [0.5, 0.6) is 0 Å². The van der Waals surface area contributed by atoms with E-state index < -0.39 is 11.7 Å². The molecule has 2 heterocycles. The third-order valence-corrected chi connectivity index (χ3v) is 6.98. The van der Waals surface area contributed by atoms with Crippen molar-refractivity contribution in [3.63, 3.8) is 0 Å². The fourth-order valence-corrected chi connectivity index (χ4v) is 5.27. The van der Waals surface area contributed by atoms with Crippen LogP contribution >= 0.6 is 22.9 Å². The second-order valence-electron chi connectivity index (χ2n) is 7.83. The molecule has 1 atom stereocenters. The predicted octanol–water partition coefficient (Wildman–Crippen LogP) is 6.09. The summed E-state index contributed by atoms with van der Waals surface area (Å²) in [6.45, 7) is 2.46. The lowest BCUT2D eigenvalue weighted by Crippen LogP contribution is -2.36. The molecular formula is C24H21ClF2N2O2S. The standard InChI is InChI=1S/C24H21ClF2N2O2S/c1-14-10-21(28-23(30)19-8-7-17(27)13-20(19)25)32-22(14)24(31)29-9-3-6-18(29)12-15-4-2-5-16(26)11-15/h2,4-5,7-8,10-11,13,18H,3,6,9,12H2,1H3,(H,28,30). The Balaban J connectivity index is 1.49. The lowest BCUT2D eigenvalue weighted by Gasteiger charge is -2.24. The van der Waals surface area contributed by atoms with Crippen LogP contribution in [-0.2, 0) is 6.42 Å². The van der Waals surface area contributed by atoms with Crippen molar-refractivity contribution in [1.29, 1.82) is 0 Å². The number of benzene rings is 2. The molecule has 1 aliphatic rings. The number of thiophene rings is 1. The average Bonchev–Trinajstić information content (AvgIpc) is 3.33. The van der Waals surface area contributed by atoms with Crippen LogP contribution in [0, 0.1) is 18.6 Å². The summed E-state index contributed by atoms with van der Waals surface area (Å²) in [5.74, 6) is -1.37. The molecule has 1 fully saturated rings. The van der Waals surface area contributed by atoms with E-state index in [-0.39, 0.29) is 28.4 Å².